The molecule has 0 aliphatic heterocycles. The van der Waals surface area contributed by atoms with Crippen LogP contribution in [0.3, 0.4) is 0 Å². The number of aromatic nitrogens is 4. The number of nitrogens with zero attached hydrogens (tertiary/aromatic N) is 4. The molecule has 0 aliphatic carbocycles. The quantitative estimate of drug-likeness (QED) is 0.466. The van der Waals surface area contributed by atoms with Crippen molar-refractivity contribution in [2.75, 3.05) is 0 Å². The summed E-state index contributed by atoms with van der Waals surface area (Å²) in [6.45, 7) is 0. The normalized spacial score (nSPS) is 11.6. The Morgan fingerprint density at radius 3 is 2.45 bits per heavy atom. The van der Waals surface area contributed by atoms with Crippen LogP contribution in [0.2, 0.25) is 0 Å². The molecule has 3 aromatic heterocycles. The number of pyridine rings is 1. The minimum absolute atomic E-state index is 0.133. The second-order valence-corrected chi connectivity index (χ2v) is 6.86. The van der Waals surface area contributed by atoms with Crippen molar-refractivity contribution in [3.63, 3.8) is 0 Å². The average Bonchev–Trinajstić information content (AvgIpc) is 3.09. The summed E-state index contributed by atoms with van der Waals surface area (Å²) in [7, 11) is 2.03. The predicted molar refractivity (Wildman–Crippen MR) is 117 cm³/mol. The summed E-state index contributed by atoms with van der Waals surface area (Å²) < 4.78 is 3.65. The Kier molecular flexibility index (Phi) is 4.06. The summed E-state index contributed by atoms with van der Waals surface area (Å²) in [5.41, 5.74) is 2.76. The molecule has 5 heteroatoms. The van der Waals surface area contributed by atoms with Crippen LogP contribution in [0.5, 0.6) is 0 Å². The van der Waals surface area contributed by atoms with Crippen LogP contribution in [-0.2, 0) is 7.05 Å². The highest BCUT2D eigenvalue weighted by Crippen LogP contribution is 2.22. The van der Waals surface area contributed by atoms with E-state index in [0.29, 0.717) is 22.5 Å². The number of fused-ring (bicyclic) bond motifs is 2. The summed E-state index contributed by atoms with van der Waals surface area (Å²) in [5.74, 6) is 1.09. The van der Waals surface area contributed by atoms with E-state index >= 15 is 0 Å². The van der Waals surface area contributed by atoms with Crippen LogP contribution < -0.4 is 5.56 Å². The molecule has 0 fully saturated rings. The second kappa shape index (κ2) is 6.87. The van der Waals surface area contributed by atoms with Gasteiger partial charge in [0.25, 0.3) is 5.56 Å². The molecule has 5 nitrogen and oxygen atoms in total. The molecule has 140 valence electrons. The lowest BCUT2D eigenvalue weighted by Crippen LogP contribution is -2.23. The lowest BCUT2D eigenvalue weighted by molar-refractivity contribution is 0.905. The molecular weight excluding hydrogens is 360 g/mol. The summed E-state index contributed by atoms with van der Waals surface area (Å²) in [6.07, 6.45) is 7.63. The van der Waals surface area contributed by atoms with Gasteiger partial charge in [-0.1, -0.05) is 36.4 Å². The predicted octanol–water partition coefficient (Wildman–Crippen LogP) is 4.44. The van der Waals surface area contributed by atoms with Crippen molar-refractivity contribution in [3.8, 4) is 5.82 Å². The van der Waals surface area contributed by atoms with Gasteiger partial charge in [-0.25, -0.2) is 14.5 Å². The zero-order valence-electron chi connectivity index (χ0n) is 15.9. The highest BCUT2D eigenvalue weighted by atomic mass is 16.1. The van der Waals surface area contributed by atoms with E-state index in [2.05, 4.69) is 27.9 Å². The molecule has 0 saturated carbocycles. The molecule has 0 saturated heterocycles. The minimum Gasteiger partial charge on any atom is -0.350 e. The van der Waals surface area contributed by atoms with Crippen molar-refractivity contribution in [3.05, 3.63) is 101 Å². The first kappa shape index (κ1) is 17.1. The number of hydrogen-bond donors (Lipinski definition) is 0. The largest absolute Gasteiger partial charge is 0.350 e. The van der Waals surface area contributed by atoms with Gasteiger partial charge in [0.2, 0.25) is 0 Å². The standard InChI is InChI=1S/C24H18N4O/c1-27-16-17(18-8-3-5-11-21(18)27)13-14-23-26-20-10-4-2-9-19(20)24(29)28(23)22-12-6-7-15-25-22/h2-16H,1H3. The molecule has 0 N–H and O–H groups in total. The molecule has 0 unspecified atom stereocenters. The first-order chi connectivity index (χ1) is 14.2. The molecular formula is C24H18N4O. The van der Waals surface area contributed by atoms with E-state index in [1.807, 2.05) is 67.7 Å². The fourth-order valence-electron chi connectivity index (χ4n) is 3.64. The van der Waals surface area contributed by atoms with Crippen LogP contribution in [0.25, 0.3) is 39.8 Å². The maximum atomic E-state index is 13.2. The monoisotopic (exact) mass is 378 g/mol. The van der Waals surface area contributed by atoms with Crippen LogP contribution in [0, 0.1) is 0 Å². The lowest BCUT2D eigenvalue weighted by Gasteiger charge is -2.10. The second-order valence-electron chi connectivity index (χ2n) is 6.86. The number of aryl methyl sites for hydroxylation is 1. The van der Waals surface area contributed by atoms with Gasteiger partial charge < -0.3 is 4.57 Å². The van der Waals surface area contributed by atoms with E-state index in [9.17, 15) is 4.79 Å². The van der Waals surface area contributed by atoms with Gasteiger partial charge in [-0.3, -0.25) is 4.79 Å². The molecule has 0 aliphatic rings. The maximum absolute atomic E-state index is 13.2. The molecule has 29 heavy (non-hydrogen) atoms. The summed E-state index contributed by atoms with van der Waals surface area (Å²) in [5, 5.41) is 1.72. The molecule has 5 aromatic rings. The van der Waals surface area contributed by atoms with Crippen LogP contribution in [-0.4, -0.2) is 19.1 Å². The van der Waals surface area contributed by atoms with Crippen LogP contribution in [0.1, 0.15) is 11.4 Å². The third kappa shape index (κ3) is 2.93. The van der Waals surface area contributed by atoms with Gasteiger partial charge in [-0.2, -0.15) is 0 Å². The van der Waals surface area contributed by atoms with Gasteiger partial charge in [-0.05, 0) is 42.5 Å². The fourth-order valence-corrected chi connectivity index (χ4v) is 3.64. The van der Waals surface area contributed by atoms with E-state index < -0.39 is 0 Å². The van der Waals surface area contributed by atoms with Gasteiger partial charge in [0.05, 0.1) is 10.9 Å². The Bertz CT molecular complexity index is 1430. The van der Waals surface area contributed by atoms with Crippen molar-refractivity contribution in [1.29, 1.82) is 0 Å². The van der Waals surface area contributed by atoms with E-state index in [1.54, 1.807) is 16.8 Å². The number of rotatable bonds is 3. The van der Waals surface area contributed by atoms with E-state index in [1.165, 1.54) is 0 Å². The van der Waals surface area contributed by atoms with E-state index in [4.69, 9.17) is 4.98 Å². The molecule has 3 heterocycles. The van der Waals surface area contributed by atoms with Gasteiger partial charge in [-0.15, -0.1) is 0 Å². The molecule has 0 bridgehead atoms. The van der Waals surface area contributed by atoms with E-state index in [-0.39, 0.29) is 5.56 Å². The van der Waals surface area contributed by atoms with Crippen LogP contribution >= 0.6 is 0 Å². The first-order valence-electron chi connectivity index (χ1n) is 9.38. The van der Waals surface area contributed by atoms with Crippen LogP contribution in [0.4, 0.5) is 0 Å². The molecule has 0 amide bonds. The summed E-state index contributed by atoms with van der Waals surface area (Å²) in [4.78, 5) is 22.3. The third-order valence-corrected chi connectivity index (χ3v) is 5.02. The zero-order chi connectivity index (χ0) is 19.8. The molecule has 5 rings (SSSR count). The van der Waals surface area contributed by atoms with Crippen molar-refractivity contribution >= 4 is 34.0 Å². The summed E-state index contributed by atoms with van der Waals surface area (Å²) in [6, 6.07) is 21.1. The third-order valence-electron chi connectivity index (χ3n) is 5.02. The lowest BCUT2D eigenvalue weighted by atomic mass is 10.1. The smallest absolute Gasteiger partial charge is 0.267 e. The SMILES string of the molecule is Cn1cc(C=Cc2nc3ccccc3c(=O)n2-c2ccccn2)c2ccccc21. The Morgan fingerprint density at radius 2 is 1.62 bits per heavy atom. The van der Waals surface area contributed by atoms with Gasteiger partial charge in [0, 0.05) is 35.9 Å². The number of hydrogen-bond acceptors (Lipinski definition) is 3. The highest BCUT2D eigenvalue weighted by Gasteiger charge is 2.12. The summed E-state index contributed by atoms with van der Waals surface area (Å²) >= 11 is 0. The topological polar surface area (TPSA) is 52.7 Å². The van der Waals surface area contributed by atoms with Crippen molar-refractivity contribution in [2.24, 2.45) is 7.05 Å². The van der Waals surface area contributed by atoms with Crippen molar-refractivity contribution in [1.82, 2.24) is 19.1 Å². The van der Waals surface area contributed by atoms with Gasteiger partial charge in [0.15, 0.2) is 0 Å². The Labute approximate surface area is 167 Å². The first-order valence-corrected chi connectivity index (χ1v) is 9.38. The Morgan fingerprint density at radius 1 is 0.862 bits per heavy atom. The molecule has 2 aromatic carbocycles. The van der Waals surface area contributed by atoms with Gasteiger partial charge >= 0.3 is 0 Å². The van der Waals surface area contributed by atoms with E-state index in [0.717, 1.165) is 16.5 Å². The number of para-hydroxylation sites is 2. The minimum atomic E-state index is -0.133. The fraction of sp³-hybridized carbons (Fsp3) is 0.0417. The molecule has 0 atom stereocenters. The van der Waals surface area contributed by atoms with Gasteiger partial charge in [0.1, 0.15) is 11.6 Å². The molecule has 0 spiro atoms. The average molecular weight is 378 g/mol. The highest BCUT2D eigenvalue weighted by molar-refractivity contribution is 5.92. The van der Waals surface area contributed by atoms with Crippen LogP contribution in [0.15, 0.2) is 83.9 Å². The number of benzene rings is 2. The molecule has 0 radical (unpaired) electrons. The maximum Gasteiger partial charge on any atom is 0.267 e. The van der Waals surface area contributed by atoms with Crippen molar-refractivity contribution < 1.29 is 0 Å². The zero-order valence-corrected chi connectivity index (χ0v) is 15.9. The Hall–Kier alpha value is -3.99. The van der Waals surface area contributed by atoms with Crippen molar-refractivity contribution in [2.45, 2.75) is 0 Å². The Balaban J connectivity index is 1.73.